The van der Waals surface area contributed by atoms with Gasteiger partial charge in [0.15, 0.2) is 0 Å². The maximum atomic E-state index is 4.91. The van der Waals surface area contributed by atoms with Crippen molar-refractivity contribution in [3.8, 4) is 11.3 Å². The maximum absolute atomic E-state index is 4.91. The lowest BCUT2D eigenvalue weighted by Crippen LogP contribution is -2.31. The summed E-state index contributed by atoms with van der Waals surface area (Å²) in [4.78, 5) is 14.6. The predicted molar refractivity (Wildman–Crippen MR) is 95.0 cm³/mol. The van der Waals surface area contributed by atoms with Crippen molar-refractivity contribution < 1.29 is 0 Å². The number of benzene rings is 1. The monoisotopic (exact) mass is 308 g/mol. The zero-order valence-electron chi connectivity index (χ0n) is 13.6. The van der Waals surface area contributed by atoms with E-state index in [1.165, 1.54) is 37.7 Å². The SMILES string of the molecule is c1ccc(-c2cc(N3CCCC3)nc(N3CCCCC3)n2)cc1. The Morgan fingerprint density at radius 1 is 0.696 bits per heavy atom. The molecule has 1 aromatic carbocycles. The summed E-state index contributed by atoms with van der Waals surface area (Å²) in [6.07, 6.45) is 6.36. The molecule has 4 nitrogen and oxygen atoms in total. The van der Waals surface area contributed by atoms with Crippen molar-refractivity contribution in [2.45, 2.75) is 32.1 Å². The zero-order valence-corrected chi connectivity index (χ0v) is 13.6. The van der Waals surface area contributed by atoms with Crippen LogP contribution in [0.15, 0.2) is 36.4 Å². The Balaban J connectivity index is 1.73. The van der Waals surface area contributed by atoms with Crippen molar-refractivity contribution in [1.29, 1.82) is 0 Å². The minimum absolute atomic E-state index is 0.910. The molecule has 0 spiro atoms. The number of hydrogen-bond donors (Lipinski definition) is 0. The molecule has 4 heteroatoms. The molecule has 0 N–H and O–H groups in total. The van der Waals surface area contributed by atoms with E-state index in [1.807, 2.05) is 0 Å². The third-order valence-corrected chi connectivity index (χ3v) is 4.84. The second kappa shape index (κ2) is 6.57. The summed E-state index contributed by atoms with van der Waals surface area (Å²) >= 11 is 0. The lowest BCUT2D eigenvalue weighted by molar-refractivity contribution is 0.568. The Kier molecular flexibility index (Phi) is 4.14. The van der Waals surface area contributed by atoms with Crippen LogP contribution in [0.3, 0.4) is 0 Å². The first-order valence-electron chi connectivity index (χ1n) is 8.84. The molecule has 4 rings (SSSR count). The molecule has 0 unspecified atom stereocenters. The molecule has 2 aliphatic heterocycles. The van der Waals surface area contributed by atoms with Gasteiger partial charge >= 0.3 is 0 Å². The molecule has 0 atom stereocenters. The predicted octanol–water partition coefficient (Wildman–Crippen LogP) is 3.73. The molecule has 3 heterocycles. The highest BCUT2D eigenvalue weighted by Crippen LogP contribution is 2.27. The molecule has 2 aromatic rings. The van der Waals surface area contributed by atoms with Gasteiger partial charge in [0.25, 0.3) is 0 Å². The lowest BCUT2D eigenvalue weighted by atomic mass is 10.1. The fraction of sp³-hybridized carbons (Fsp3) is 0.474. The summed E-state index contributed by atoms with van der Waals surface area (Å²) in [7, 11) is 0. The van der Waals surface area contributed by atoms with Crippen LogP contribution in [0, 0.1) is 0 Å². The largest absolute Gasteiger partial charge is 0.356 e. The summed E-state index contributed by atoms with van der Waals surface area (Å²) in [5.74, 6) is 2.00. The summed E-state index contributed by atoms with van der Waals surface area (Å²) < 4.78 is 0. The van der Waals surface area contributed by atoms with E-state index in [0.717, 1.165) is 43.6 Å². The Hall–Kier alpha value is -2.10. The first kappa shape index (κ1) is 14.5. The van der Waals surface area contributed by atoms with Crippen molar-refractivity contribution in [3.63, 3.8) is 0 Å². The second-order valence-corrected chi connectivity index (χ2v) is 6.52. The summed E-state index contributed by atoms with van der Waals surface area (Å²) in [6.45, 7) is 4.39. The highest BCUT2D eigenvalue weighted by molar-refractivity contribution is 5.65. The zero-order chi connectivity index (χ0) is 15.5. The molecule has 2 saturated heterocycles. The van der Waals surface area contributed by atoms with Gasteiger partial charge in [-0.15, -0.1) is 0 Å². The number of anilines is 2. The highest BCUT2D eigenvalue weighted by atomic mass is 15.3. The first-order valence-corrected chi connectivity index (χ1v) is 8.84. The number of rotatable bonds is 3. The topological polar surface area (TPSA) is 32.3 Å². The van der Waals surface area contributed by atoms with Gasteiger partial charge in [-0.3, -0.25) is 0 Å². The van der Waals surface area contributed by atoms with E-state index in [-0.39, 0.29) is 0 Å². The first-order chi connectivity index (χ1) is 11.4. The van der Waals surface area contributed by atoms with Crippen molar-refractivity contribution in [2.24, 2.45) is 0 Å². The average Bonchev–Trinajstić information content (AvgIpc) is 3.18. The summed E-state index contributed by atoms with van der Waals surface area (Å²) in [6, 6.07) is 12.6. The highest BCUT2D eigenvalue weighted by Gasteiger charge is 2.20. The molecule has 1 aromatic heterocycles. The molecule has 0 bridgehead atoms. The van der Waals surface area contributed by atoms with Crippen LogP contribution in [-0.2, 0) is 0 Å². The molecular formula is C19H24N4. The molecule has 120 valence electrons. The van der Waals surface area contributed by atoms with Gasteiger partial charge in [-0.2, -0.15) is 4.98 Å². The summed E-state index contributed by atoms with van der Waals surface area (Å²) in [5.41, 5.74) is 2.22. The quantitative estimate of drug-likeness (QED) is 0.865. The number of piperidine rings is 1. The Morgan fingerprint density at radius 2 is 1.35 bits per heavy atom. The minimum Gasteiger partial charge on any atom is -0.356 e. The molecule has 0 amide bonds. The average molecular weight is 308 g/mol. The van der Waals surface area contributed by atoms with Gasteiger partial charge in [0.2, 0.25) is 5.95 Å². The molecule has 2 aliphatic rings. The van der Waals surface area contributed by atoms with E-state index < -0.39 is 0 Å². The van der Waals surface area contributed by atoms with E-state index in [1.54, 1.807) is 0 Å². The van der Waals surface area contributed by atoms with Crippen molar-refractivity contribution in [2.75, 3.05) is 36.0 Å². The lowest BCUT2D eigenvalue weighted by Gasteiger charge is -2.28. The second-order valence-electron chi connectivity index (χ2n) is 6.52. The Morgan fingerprint density at radius 3 is 2.09 bits per heavy atom. The van der Waals surface area contributed by atoms with Crippen LogP contribution in [0.1, 0.15) is 32.1 Å². The third kappa shape index (κ3) is 3.16. The van der Waals surface area contributed by atoms with E-state index in [2.05, 4.69) is 46.2 Å². The number of nitrogens with zero attached hydrogens (tertiary/aromatic N) is 4. The molecular weight excluding hydrogens is 284 g/mol. The van der Waals surface area contributed by atoms with E-state index >= 15 is 0 Å². The van der Waals surface area contributed by atoms with E-state index in [9.17, 15) is 0 Å². The van der Waals surface area contributed by atoms with Crippen LogP contribution in [0.5, 0.6) is 0 Å². The molecule has 0 aliphatic carbocycles. The van der Waals surface area contributed by atoms with Crippen LogP contribution in [0.25, 0.3) is 11.3 Å². The van der Waals surface area contributed by atoms with E-state index in [0.29, 0.717) is 0 Å². The minimum atomic E-state index is 0.910. The van der Waals surface area contributed by atoms with Gasteiger partial charge in [-0.1, -0.05) is 30.3 Å². The third-order valence-electron chi connectivity index (χ3n) is 4.84. The van der Waals surface area contributed by atoms with Crippen molar-refractivity contribution in [3.05, 3.63) is 36.4 Å². The molecule has 2 fully saturated rings. The molecule has 23 heavy (non-hydrogen) atoms. The van der Waals surface area contributed by atoms with Crippen LogP contribution < -0.4 is 9.80 Å². The summed E-state index contributed by atoms with van der Waals surface area (Å²) in [5, 5.41) is 0. The van der Waals surface area contributed by atoms with Crippen LogP contribution in [0.2, 0.25) is 0 Å². The number of aromatic nitrogens is 2. The van der Waals surface area contributed by atoms with Gasteiger partial charge in [0.05, 0.1) is 5.69 Å². The van der Waals surface area contributed by atoms with Crippen molar-refractivity contribution >= 4 is 11.8 Å². The van der Waals surface area contributed by atoms with Gasteiger partial charge in [-0.25, -0.2) is 4.98 Å². The van der Waals surface area contributed by atoms with Crippen LogP contribution in [-0.4, -0.2) is 36.1 Å². The maximum Gasteiger partial charge on any atom is 0.227 e. The van der Waals surface area contributed by atoms with Gasteiger partial charge in [0.1, 0.15) is 5.82 Å². The molecule has 0 saturated carbocycles. The smallest absolute Gasteiger partial charge is 0.227 e. The Bertz CT molecular complexity index is 644. The standard InChI is InChI=1S/C19H24N4/c1-3-9-16(10-4-1)17-15-18(22-11-7-8-12-22)21-19(20-17)23-13-5-2-6-14-23/h1,3-4,9-10,15H,2,5-8,11-14H2. The van der Waals surface area contributed by atoms with Crippen molar-refractivity contribution in [1.82, 2.24) is 9.97 Å². The fourth-order valence-electron chi connectivity index (χ4n) is 3.52. The fourth-order valence-corrected chi connectivity index (χ4v) is 3.52. The van der Waals surface area contributed by atoms with E-state index in [4.69, 9.17) is 9.97 Å². The Labute approximate surface area is 138 Å². The van der Waals surface area contributed by atoms with Gasteiger partial charge in [0, 0.05) is 37.8 Å². The normalized spacial score (nSPS) is 18.4. The van der Waals surface area contributed by atoms with Crippen LogP contribution >= 0.6 is 0 Å². The number of hydrogen-bond acceptors (Lipinski definition) is 4. The van der Waals surface area contributed by atoms with Gasteiger partial charge in [-0.05, 0) is 32.1 Å². The van der Waals surface area contributed by atoms with Crippen LogP contribution in [0.4, 0.5) is 11.8 Å². The molecule has 0 radical (unpaired) electrons. The van der Waals surface area contributed by atoms with Gasteiger partial charge < -0.3 is 9.80 Å².